The molecule has 0 bridgehead atoms. The molecule has 17 heavy (non-hydrogen) atoms. The van der Waals surface area contributed by atoms with Crippen LogP contribution < -0.4 is 11.1 Å². The average molecular weight is 228 g/mol. The maximum Gasteiger partial charge on any atom is 0.148 e. The topological polar surface area (TPSA) is 63.8 Å². The first-order valence-electron chi connectivity index (χ1n) is 5.68. The number of anilines is 1. The zero-order valence-electron chi connectivity index (χ0n) is 9.58. The van der Waals surface area contributed by atoms with Crippen molar-refractivity contribution in [3.05, 3.63) is 54.2 Å². The predicted molar refractivity (Wildman–Crippen MR) is 68.5 cm³/mol. The summed E-state index contributed by atoms with van der Waals surface area (Å²) in [5.74, 6) is 0.785. The molecule has 0 saturated heterocycles. The third kappa shape index (κ3) is 3.53. The van der Waals surface area contributed by atoms with Crippen molar-refractivity contribution >= 4 is 5.82 Å². The Morgan fingerprint density at radius 3 is 2.65 bits per heavy atom. The van der Waals surface area contributed by atoms with E-state index in [9.17, 15) is 0 Å². The second-order valence-electron chi connectivity index (χ2n) is 3.84. The minimum absolute atomic E-state index is 0.0559. The van der Waals surface area contributed by atoms with Crippen LogP contribution in [-0.4, -0.2) is 16.7 Å². The molecule has 2 aromatic rings. The fourth-order valence-electron chi connectivity index (χ4n) is 1.62. The molecule has 0 amide bonds. The fourth-order valence-corrected chi connectivity index (χ4v) is 1.62. The molecule has 1 unspecified atom stereocenters. The van der Waals surface area contributed by atoms with Crippen molar-refractivity contribution in [2.24, 2.45) is 5.73 Å². The number of hydrogen-bond acceptors (Lipinski definition) is 4. The highest BCUT2D eigenvalue weighted by Crippen LogP contribution is 2.13. The molecule has 4 nitrogen and oxygen atoms in total. The molecule has 1 aromatic heterocycles. The van der Waals surface area contributed by atoms with Crippen molar-refractivity contribution in [2.45, 2.75) is 12.5 Å². The predicted octanol–water partition coefficient (Wildman–Crippen LogP) is 1.98. The summed E-state index contributed by atoms with van der Waals surface area (Å²) in [6.07, 6.45) is 2.52. The van der Waals surface area contributed by atoms with Gasteiger partial charge in [-0.25, -0.2) is 0 Å². The highest BCUT2D eigenvalue weighted by Gasteiger charge is 2.04. The molecular formula is C13H16N4. The molecule has 88 valence electrons. The summed E-state index contributed by atoms with van der Waals surface area (Å²) in [7, 11) is 0. The van der Waals surface area contributed by atoms with Crippen LogP contribution in [0.15, 0.2) is 48.7 Å². The third-order valence-corrected chi connectivity index (χ3v) is 2.56. The lowest BCUT2D eigenvalue weighted by molar-refractivity contribution is 0.673. The van der Waals surface area contributed by atoms with Crippen molar-refractivity contribution in [1.29, 1.82) is 0 Å². The third-order valence-electron chi connectivity index (χ3n) is 2.56. The Morgan fingerprint density at radius 2 is 1.94 bits per heavy atom. The molecule has 0 aliphatic carbocycles. The standard InChI is InChI=1S/C13H16N4/c14-12(11-5-2-1-3-6-11)8-10-15-13-7-4-9-16-17-13/h1-7,9,12H,8,10,14H2,(H,15,17). The monoisotopic (exact) mass is 228 g/mol. The van der Waals surface area contributed by atoms with Gasteiger partial charge in [0.15, 0.2) is 0 Å². The summed E-state index contributed by atoms with van der Waals surface area (Å²) in [6.45, 7) is 0.786. The van der Waals surface area contributed by atoms with Crippen molar-refractivity contribution in [3.63, 3.8) is 0 Å². The first kappa shape index (κ1) is 11.5. The lowest BCUT2D eigenvalue weighted by Gasteiger charge is -2.12. The molecule has 3 N–H and O–H groups in total. The van der Waals surface area contributed by atoms with Gasteiger partial charge in [0.05, 0.1) is 0 Å². The van der Waals surface area contributed by atoms with Crippen molar-refractivity contribution in [1.82, 2.24) is 10.2 Å². The van der Waals surface area contributed by atoms with Crippen LogP contribution in [0.25, 0.3) is 0 Å². The second-order valence-corrected chi connectivity index (χ2v) is 3.84. The number of nitrogens with zero attached hydrogens (tertiary/aromatic N) is 2. The Bertz CT molecular complexity index is 430. The summed E-state index contributed by atoms with van der Waals surface area (Å²) in [5.41, 5.74) is 7.24. The summed E-state index contributed by atoms with van der Waals surface area (Å²) in [5, 5.41) is 10.9. The maximum absolute atomic E-state index is 6.08. The van der Waals surface area contributed by atoms with E-state index in [-0.39, 0.29) is 6.04 Å². The molecule has 0 aliphatic rings. The van der Waals surface area contributed by atoms with Crippen LogP contribution in [0.4, 0.5) is 5.82 Å². The SMILES string of the molecule is NC(CCNc1cccnn1)c1ccccc1. The molecule has 0 saturated carbocycles. The molecule has 1 aromatic carbocycles. The summed E-state index contributed by atoms with van der Waals surface area (Å²) >= 11 is 0. The van der Waals surface area contributed by atoms with E-state index in [2.05, 4.69) is 15.5 Å². The summed E-state index contributed by atoms with van der Waals surface area (Å²) in [6, 6.07) is 13.9. The van der Waals surface area contributed by atoms with Gasteiger partial charge in [0, 0.05) is 18.8 Å². The van der Waals surface area contributed by atoms with Gasteiger partial charge in [0.25, 0.3) is 0 Å². The molecule has 2 rings (SSSR count). The van der Waals surface area contributed by atoms with E-state index in [1.807, 2.05) is 42.5 Å². The Labute approximate surface area is 101 Å². The Hall–Kier alpha value is -1.94. The summed E-state index contributed by atoms with van der Waals surface area (Å²) in [4.78, 5) is 0. The lowest BCUT2D eigenvalue weighted by Crippen LogP contribution is -2.15. The van der Waals surface area contributed by atoms with Gasteiger partial charge in [-0.1, -0.05) is 30.3 Å². The number of aromatic nitrogens is 2. The van der Waals surface area contributed by atoms with E-state index in [1.54, 1.807) is 6.20 Å². The van der Waals surface area contributed by atoms with E-state index in [4.69, 9.17) is 5.73 Å². The van der Waals surface area contributed by atoms with Crippen LogP contribution >= 0.6 is 0 Å². The van der Waals surface area contributed by atoms with Gasteiger partial charge in [-0.15, -0.1) is 5.10 Å². The van der Waals surface area contributed by atoms with Gasteiger partial charge >= 0.3 is 0 Å². The molecule has 0 fully saturated rings. The van der Waals surface area contributed by atoms with E-state index in [1.165, 1.54) is 0 Å². The van der Waals surface area contributed by atoms with Gasteiger partial charge < -0.3 is 11.1 Å². The summed E-state index contributed by atoms with van der Waals surface area (Å²) < 4.78 is 0. The molecule has 1 heterocycles. The molecule has 0 radical (unpaired) electrons. The van der Waals surface area contributed by atoms with Crippen LogP contribution in [0.5, 0.6) is 0 Å². The molecule has 0 aliphatic heterocycles. The fraction of sp³-hybridized carbons (Fsp3) is 0.231. The Balaban J connectivity index is 1.79. The van der Waals surface area contributed by atoms with Gasteiger partial charge in [-0.3, -0.25) is 0 Å². The van der Waals surface area contributed by atoms with E-state index in [0.29, 0.717) is 0 Å². The number of nitrogens with one attached hydrogen (secondary N) is 1. The Kier molecular flexibility index (Phi) is 4.05. The van der Waals surface area contributed by atoms with Gasteiger partial charge in [0.2, 0.25) is 0 Å². The van der Waals surface area contributed by atoms with Gasteiger partial charge in [-0.2, -0.15) is 5.10 Å². The van der Waals surface area contributed by atoms with Crippen LogP contribution in [-0.2, 0) is 0 Å². The van der Waals surface area contributed by atoms with E-state index < -0.39 is 0 Å². The zero-order valence-corrected chi connectivity index (χ0v) is 9.58. The highest BCUT2D eigenvalue weighted by atomic mass is 15.2. The van der Waals surface area contributed by atoms with Crippen molar-refractivity contribution in [3.8, 4) is 0 Å². The van der Waals surface area contributed by atoms with Crippen LogP contribution in [0.3, 0.4) is 0 Å². The number of nitrogens with two attached hydrogens (primary N) is 1. The number of rotatable bonds is 5. The van der Waals surface area contributed by atoms with Crippen LogP contribution in [0.1, 0.15) is 18.0 Å². The first-order valence-corrected chi connectivity index (χ1v) is 5.68. The zero-order chi connectivity index (χ0) is 11.9. The molecule has 1 atom stereocenters. The maximum atomic E-state index is 6.08. The van der Waals surface area contributed by atoms with E-state index >= 15 is 0 Å². The average Bonchev–Trinajstić information content (AvgIpc) is 2.41. The first-order chi connectivity index (χ1) is 8.36. The van der Waals surface area contributed by atoms with Crippen molar-refractivity contribution in [2.75, 3.05) is 11.9 Å². The van der Waals surface area contributed by atoms with Crippen LogP contribution in [0, 0.1) is 0 Å². The van der Waals surface area contributed by atoms with Crippen LogP contribution in [0.2, 0.25) is 0 Å². The molecule has 4 heteroatoms. The van der Waals surface area contributed by atoms with E-state index in [0.717, 1.165) is 24.3 Å². The highest BCUT2D eigenvalue weighted by molar-refractivity contribution is 5.31. The normalized spacial score (nSPS) is 12.1. The van der Waals surface area contributed by atoms with Gasteiger partial charge in [0.1, 0.15) is 5.82 Å². The Morgan fingerprint density at radius 1 is 1.12 bits per heavy atom. The van der Waals surface area contributed by atoms with Gasteiger partial charge in [-0.05, 0) is 24.1 Å². The second kappa shape index (κ2) is 5.96. The van der Waals surface area contributed by atoms with Crippen molar-refractivity contribution < 1.29 is 0 Å². The quantitative estimate of drug-likeness (QED) is 0.821. The smallest absolute Gasteiger partial charge is 0.148 e. The molecular weight excluding hydrogens is 212 g/mol. The molecule has 0 spiro atoms. The number of benzene rings is 1. The lowest BCUT2D eigenvalue weighted by atomic mass is 10.1. The largest absolute Gasteiger partial charge is 0.369 e. The minimum Gasteiger partial charge on any atom is -0.369 e. The minimum atomic E-state index is 0.0559. The number of hydrogen-bond donors (Lipinski definition) is 2.